The van der Waals surface area contributed by atoms with Gasteiger partial charge in [0.05, 0.1) is 12.1 Å². The number of unbranched alkanes of at least 4 members (excludes halogenated alkanes) is 1. The highest BCUT2D eigenvalue weighted by molar-refractivity contribution is 5.68. The van der Waals surface area contributed by atoms with Crippen LogP contribution >= 0.6 is 0 Å². The molecule has 1 saturated carbocycles. The molecule has 6 nitrogen and oxygen atoms in total. The molecule has 0 spiro atoms. The lowest BCUT2D eigenvalue weighted by Crippen LogP contribution is -2.51. The Hall–Kier alpha value is -1.30. The Labute approximate surface area is 132 Å². The SMILES string of the molecule is CC(C)(C)OC(=O)NC1C(O)CCCC1CCCCC(=O)O. The number of carbonyl (C=O) groups excluding carboxylic acids is 1. The van der Waals surface area contributed by atoms with Gasteiger partial charge in [0.1, 0.15) is 5.60 Å². The number of aliphatic hydroxyl groups excluding tert-OH is 1. The molecule has 0 saturated heterocycles. The molecule has 3 atom stereocenters. The summed E-state index contributed by atoms with van der Waals surface area (Å²) in [5, 5.41) is 21.6. The molecular weight excluding hydrogens is 286 g/mol. The number of carboxylic acid groups (broad SMARTS) is 1. The van der Waals surface area contributed by atoms with Gasteiger partial charge in [-0.2, -0.15) is 0 Å². The molecule has 128 valence electrons. The number of ether oxygens (including phenoxy) is 1. The number of carboxylic acids is 1. The van der Waals surface area contributed by atoms with Gasteiger partial charge in [0.15, 0.2) is 0 Å². The maximum absolute atomic E-state index is 11.9. The number of hydrogen-bond acceptors (Lipinski definition) is 4. The lowest BCUT2D eigenvalue weighted by Gasteiger charge is -2.36. The number of aliphatic carboxylic acids is 1. The van der Waals surface area contributed by atoms with Gasteiger partial charge < -0.3 is 20.3 Å². The molecule has 6 heteroatoms. The largest absolute Gasteiger partial charge is 0.481 e. The molecule has 0 aromatic rings. The first-order valence-electron chi connectivity index (χ1n) is 8.08. The van der Waals surface area contributed by atoms with Crippen molar-refractivity contribution in [2.75, 3.05) is 0 Å². The van der Waals surface area contributed by atoms with Crippen molar-refractivity contribution in [3.05, 3.63) is 0 Å². The molecule has 1 fully saturated rings. The van der Waals surface area contributed by atoms with Crippen LogP contribution in [-0.4, -0.2) is 40.0 Å². The van der Waals surface area contributed by atoms with Crippen LogP contribution in [0.15, 0.2) is 0 Å². The minimum atomic E-state index is -0.785. The Morgan fingerprint density at radius 2 is 1.91 bits per heavy atom. The highest BCUT2D eigenvalue weighted by Crippen LogP contribution is 2.29. The molecule has 1 amide bonds. The average Bonchev–Trinajstić information content (AvgIpc) is 2.35. The molecule has 0 radical (unpaired) electrons. The van der Waals surface area contributed by atoms with Crippen molar-refractivity contribution < 1.29 is 24.5 Å². The van der Waals surface area contributed by atoms with E-state index >= 15 is 0 Å². The van der Waals surface area contributed by atoms with Gasteiger partial charge in [0, 0.05) is 6.42 Å². The maximum atomic E-state index is 11.9. The lowest BCUT2D eigenvalue weighted by atomic mass is 9.79. The summed E-state index contributed by atoms with van der Waals surface area (Å²) in [5.74, 6) is -0.614. The Bertz CT molecular complexity index is 377. The molecule has 22 heavy (non-hydrogen) atoms. The van der Waals surface area contributed by atoms with Crippen molar-refractivity contribution in [1.29, 1.82) is 0 Å². The van der Waals surface area contributed by atoms with Crippen molar-refractivity contribution in [1.82, 2.24) is 5.32 Å². The average molecular weight is 315 g/mol. The molecule has 0 heterocycles. The zero-order valence-electron chi connectivity index (χ0n) is 13.8. The van der Waals surface area contributed by atoms with Crippen LogP contribution in [-0.2, 0) is 9.53 Å². The zero-order chi connectivity index (χ0) is 16.8. The number of rotatable bonds is 6. The van der Waals surface area contributed by atoms with Crippen LogP contribution in [0.1, 0.15) is 65.7 Å². The summed E-state index contributed by atoms with van der Waals surface area (Å²) in [5.41, 5.74) is -0.569. The zero-order valence-corrected chi connectivity index (χ0v) is 13.8. The molecule has 1 aliphatic carbocycles. The molecule has 0 aromatic carbocycles. The number of amides is 1. The molecule has 0 bridgehead atoms. The van der Waals surface area contributed by atoms with Gasteiger partial charge in [-0.1, -0.05) is 12.8 Å². The van der Waals surface area contributed by atoms with Crippen LogP contribution in [0.2, 0.25) is 0 Å². The Morgan fingerprint density at radius 1 is 1.23 bits per heavy atom. The monoisotopic (exact) mass is 315 g/mol. The smallest absolute Gasteiger partial charge is 0.407 e. The molecule has 3 N–H and O–H groups in total. The molecule has 0 aromatic heterocycles. The summed E-state index contributed by atoms with van der Waals surface area (Å²) in [7, 11) is 0. The maximum Gasteiger partial charge on any atom is 0.407 e. The first kappa shape index (κ1) is 18.7. The lowest BCUT2D eigenvalue weighted by molar-refractivity contribution is -0.137. The van der Waals surface area contributed by atoms with Gasteiger partial charge >= 0.3 is 12.1 Å². The molecular formula is C16H29NO5. The van der Waals surface area contributed by atoms with E-state index in [1.54, 1.807) is 20.8 Å². The van der Waals surface area contributed by atoms with Gasteiger partial charge in [0.2, 0.25) is 0 Å². The quantitative estimate of drug-likeness (QED) is 0.655. The minimum absolute atomic E-state index is 0.166. The molecule has 3 unspecified atom stereocenters. The van der Waals surface area contributed by atoms with E-state index in [2.05, 4.69) is 5.32 Å². The normalized spacial score (nSPS) is 25.5. The fraction of sp³-hybridized carbons (Fsp3) is 0.875. The summed E-state index contributed by atoms with van der Waals surface area (Å²) in [4.78, 5) is 22.4. The topological polar surface area (TPSA) is 95.9 Å². The Kier molecular flexibility index (Phi) is 7.13. The van der Waals surface area contributed by atoms with E-state index < -0.39 is 23.8 Å². The number of carbonyl (C=O) groups is 2. The second-order valence-electron chi connectivity index (χ2n) is 7.07. The van der Waals surface area contributed by atoms with Gasteiger partial charge in [-0.3, -0.25) is 4.79 Å². The predicted octanol–water partition coefficient (Wildman–Crippen LogP) is 2.69. The van der Waals surface area contributed by atoms with Crippen molar-refractivity contribution in [3.63, 3.8) is 0 Å². The number of alkyl carbamates (subject to hydrolysis) is 1. The third-order valence-corrected chi connectivity index (χ3v) is 3.90. The summed E-state index contributed by atoms with van der Waals surface area (Å²) in [6.45, 7) is 5.40. The van der Waals surface area contributed by atoms with E-state index in [1.807, 2.05) is 0 Å². The van der Waals surface area contributed by atoms with E-state index in [9.17, 15) is 14.7 Å². The van der Waals surface area contributed by atoms with Crippen LogP contribution in [0.25, 0.3) is 0 Å². The third-order valence-electron chi connectivity index (χ3n) is 3.90. The summed E-state index contributed by atoms with van der Waals surface area (Å²) >= 11 is 0. The minimum Gasteiger partial charge on any atom is -0.481 e. The second kappa shape index (κ2) is 8.36. The standard InChI is InChI=1S/C16H29NO5/c1-16(2,3)22-15(21)17-14-11(8-6-9-12(14)18)7-4-5-10-13(19)20/h11-12,14,18H,4-10H2,1-3H3,(H,17,21)(H,19,20). The van der Waals surface area contributed by atoms with E-state index in [4.69, 9.17) is 9.84 Å². The summed E-state index contributed by atoms with van der Waals surface area (Å²) < 4.78 is 5.26. The number of nitrogens with one attached hydrogen (secondary N) is 1. The fourth-order valence-corrected chi connectivity index (χ4v) is 2.93. The van der Waals surface area contributed by atoms with Crippen LogP contribution in [0.4, 0.5) is 4.79 Å². The summed E-state index contributed by atoms with van der Waals surface area (Å²) in [6.07, 6.45) is 3.86. The van der Waals surface area contributed by atoms with E-state index in [0.29, 0.717) is 12.8 Å². The first-order valence-corrected chi connectivity index (χ1v) is 8.08. The van der Waals surface area contributed by atoms with Crippen LogP contribution in [0, 0.1) is 5.92 Å². The highest BCUT2D eigenvalue weighted by Gasteiger charge is 2.34. The van der Waals surface area contributed by atoms with E-state index in [-0.39, 0.29) is 18.4 Å². The van der Waals surface area contributed by atoms with Crippen LogP contribution in [0.3, 0.4) is 0 Å². The Morgan fingerprint density at radius 3 is 2.50 bits per heavy atom. The first-order chi connectivity index (χ1) is 10.2. The summed E-state index contributed by atoms with van der Waals surface area (Å²) in [6, 6.07) is -0.312. The molecule has 0 aliphatic heterocycles. The highest BCUT2D eigenvalue weighted by atomic mass is 16.6. The third kappa shape index (κ3) is 7.11. The van der Waals surface area contributed by atoms with Gasteiger partial charge in [-0.15, -0.1) is 0 Å². The van der Waals surface area contributed by atoms with Crippen LogP contribution in [0.5, 0.6) is 0 Å². The van der Waals surface area contributed by atoms with Crippen LogP contribution < -0.4 is 5.32 Å². The second-order valence-corrected chi connectivity index (χ2v) is 7.07. The number of aliphatic hydroxyl groups is 1. The van der Waals surface area contributed by atoms with Crippen molar-refractivity contribution in [3.8, 4) is 0 Å². The van der Waals surface area contributed by atoms with Crippen molar-refractivity contribution in [2.24, 2.45) is 5.92 Å². The van der Waals surface area contributed by atoms with Gasteiger partial charge in [-0.05, 0) is 52.4 Å². The van der Waals surface area contributed by atoms with Crippen molar-refractivity contribution in [2.45, 2.75) is 83.5 Å². The van der Waals surface area contributed by atoms with E-state index in [0.717, 1.165) is 25.7 Å². The van der Waals surface area contributed by atoms with E-state index in [1.165, 1.54) is 0 Å². The molecule has 1 rings (SSSR count). The number of hydrogen-bond donors (Lipinski definition) is 3. The predicted molar refractivity (Wildman–Crippen MR) is 82.6 cm³/mol. The molecule has 1 aliphatic rings. The Balaban J connectivity index is 2.50. The fourth-order valence-electron chi connectivity index (χ4n) is 2.93. The van der Waals surface area contributed by atoms with Crippen molar-refractivity contribution >= 4 is 12.1 Å². The van der Waals surface area contributed by atoms with Gasteiger partial charge in [0.25, 0.3) is 0 Å². The van der Waals surface area contributed by atoms with Gasteiger partial charge in [-0.25, -0.2) is 4.79 Å².